The molecule has 0 radical (unpaired) electrons. The highest BCUT2D eigenvalue weighted by Gasteiger charge is 2.46. The Morgan fingerprint density at radius 2 is 1.66 bits per heavy atom. The topological polar surface area (TPSA) is 143 Å². The van der Waals surface area contributed by atoms with Gasteiger partial charge < -0.3 is 26.0 Å². The third-order valence-corrected chi connectivity index (χ3v) is 9.89. The summed E-state index contributed by atoms with van der Waals surface area (Å²) in [5.74, 6) is -2.47. The highest BCUT2D eigenvalue weighted by Crippen LogP contribution is 2.39. The molecule has 5 rings (SSSR count). The fraction of sp³-hybridized carbons (Fsp3) is 0.667. The second-order valence-electron chi connectivity index (χ2n) is 13.3. The van der Waals surface area contributed by atoms with E-state index < -0.39 is 41.7 Å². The van der Waals surface area contributed by atoms with E-state index in [-0.39, 0.29) is 36.4 Å². The molecule has 1 heterocycles. The van der Waals surface area contributed by atoms with Gasteiger partial charge in [0.05, 0.1) is 6.04 Å². The van der Waals surface area contributed by atoms with Crippen LogP contribution in [0.15, 0.2) is 24.3 Å². The van der Waals surface area contributed by atoms with Gasteiger partial charge in [0.15, 0.2) is 0 Å². The van der Waals surface area contributed by atoms with Gasteiger partial charge in [0.25, 0.3) is 5.91 Å². The molecule has 1 aromatic rings. The van der Waals surface area contributed by atoms with Gasteiger partial charge in [0.2, 0.25) is 17.6 Å². The molecule has 3 aliphatic carbocycles. The van der Waals surface area contributed by atoms with Gasteiger partial charge in [-0.25, -0.2) is 4.79 Å². The summed E-state index contributed by atoms with van der Waals surface area (Å²) in [4.78, 5) is 66.1. The van der Waals surface area contributed by atoms with Gasteiger partial charge >= 0.3 is 6.09 Å². The first-order valence-corrected chi connectivity index (χ1v) is 16.7. The zero-order valence-electron chi connectivity index (χ0n) is 25.3. The maximum absolute atomic E-state index is 13.8. The van der Waals surface area contributed by atoms with Gasteiger partial charge in [-0.15, -0.1) is 0 Å². The van der Waals surface area contributed by atoms with E-state index in [0.29, 0.717) is 23.4 Å². The third kappa shape index (κ3) is 8.96. The predicted octanol–water partition coefficient (Wildman–Crippen LogP) is 4.47. The van der Waals surface area contributed by atoms with E-state index in [9.17, 15) is 24.0 Å². The Morgan fingerprint density at radius 3 is 2.36 bits per heavy atom. The first-order valence-electron chi connectivity index (χ1n) is 16.3. The number of carbonyl (C=O) groups excluding carboxylic acids is 5. The number of Topliss-reactive ketones (excluding diaryl/α,β-unsaturated/α-hetero) is 1. The van der Waals surface area contributed by atoms with Crippen LogP contribution in [-0.4, -0.2) is 53.3 Å². The van der Waals surface area contributed by atoms with Crippen LogP contribution < -0.4 is 21.3 Å². The maximum Gasteiger partial charge on any atom is 0.408 e. The van der Waals surface area contributed by atoms with Gasteiger partial charge in [0.1, 0.15) is 12.6 Å². The minimum Gasteiger partial charge on any atom is -0.445 e. The summed E-state index contributed by atoms with van der Waals surface area (Å²) in [5, 5.41) is 11.9. The quantitative estimate of drug-likeness (QED) is 0.252. The molecular formula is C33H45ClN4O6. The molecule has 4 amide bonds. The SMILES string of the molecule is O=C(N[C@@H](CC1CCCCC1)C(=O)N[C@@H](C[C@H]1CC2(CCCCC2)NC1=O)C(=O)C(=O)NC1CC1)OCc1cccc(Cl)c1. The highest BCUT2D eigenvalue weighted by atomic mass is 35.5. The van der Waals surface area contributed by atoms with Crippen molar-refractivity contribution in [2.24, 2.45) is 11.8 Å². The molecule has 0 aromatic heterocycles. The summed E-state index contributed by atoms with van der Waals surface area (Å²) < 4.78 is 5.41. The van der Waals surface area contributed by atoms with E-state index in [4.69, 9.17) is 16.3 Å². The third-order valence-electron chi connectivity index (χ3n) is 9.66. The lowest BCUT2D eigenvalue weighted by atomic mass is 9.78. The number of nitrogens with one attached hydrogen (secondary N) is 4. The van der Waals surface area contributed by atoms with Crippen molar-refractivity contribution in [1.82, 2.24) is 21.3 Å². The average molecular weight is 629 g/mol. The summed E-state index contributed by atoms with van der Waals surface area (Å²) in [6.07, 6.45) is 12.0. The summed E-state index contributed by atoms with van der Waals surface area (Å²) in [6, 6.07) is 4.78. The highest BCUT2D eigenvalue weighted by molar-refractivity contribution is 6.38. The molecule has 1 saturated heterocycles. The number of benzene rings is 1. The summed E-state index contributed by atoms with van der Waals surface area (Å²) in [6.45, 7) is -0.0227. The van der Waals surface area contributed by atoms with Crippen molar-refractivity contribution in [3.63, 3.8) is 0 Å². The number of ether oxygens (including phenoxy) is 1. The van der Waals surface area contributed by atoms with Crippen LogP contribution in [0.2, 0.25) is 5.02 Å². The fourth-order valence-corrected chi connectivity index (χ4v) is 7.32. The fourth-order valence-electron chi connectivity index (χ4n) is 7.10. The maximum atomic E-state index is 13.8. The second-order valence-corrected chi connectivity index (χ2v) is 13.7. The van der Waals surface area contributed by atoms with Crippen molar-refractivity contribution in [1.29, 1.82) is 0 Å². The van der Waals surface area contributed by atoms with E-state index >= 15 is 0 Å². The monoisotopic (exact) mass is 628 g/mol. The molecule has 1 spiro atoms. The van der Waals surface area contributed by atoms with Crippen molar-refractivity contribution in [3.8, 4) is 0 Å². The summed E-state index contributed by atoms with van der Waals surface area (Å²) >= 11 is 6.04. The zero-order chi connectivity index (χ0) is 31.1. The van der Waals surface area contributed by atoms with Crippen LogP contribution in [-0.2, 0) is 30.5 Å². The van der Waals surface area contributed by atoms with Crippen molar-refractivity contribution in [2.45, 2.75) is 127 Å². The van der Waals surface area contributed by atoms with Gasteiger partial charge in [-0.2, -0.15) is 0 Å². The normalized spacial score (nSPS) is 22.8. The number of rotatable bonds is 12. The summed E-state index contributed by atoms with van der Waals surface area (Å²) in [7, 11) is 0. The van der Waals surface area contributed by atoms with Crippen LogP contribution in [0.5, 0.6) is 0 Å². The minimum absolute atomic E-state index is 0.0227. The molecule has 4 fully saturated rings. The van der Waals surface area contributed by atoms with Gasteiger partial charge in [0, 0.05) is 22.5 Å². The molecule has 4 aliphatic rings. The zero-order valence-corrected chi connectivity index (χ0v) is 26.1. The van der Waals surface area contributed by atoms with E-state index in [1.807, 2.05) is 0 Å². The van der Waals surface area contributed by atoms with Crippen LogP contribution in [0.4, 0.5) is 4.79 Å². The van der Waals surface area contributed by atoms with Crippen molar-refractivity contribution in [2.75, 3.05) is 0 Å². The Balaban J connectivity index is 1.28. The predicted molar refractivity (Wildman–Crippen MR) is 165 cm³/mol. The number of hydrogen-bond acceptors (Lipinski definition) is 6. The first kappa shape index (κ1) is 32.3. The molecular weight excluding hydrogens is 584 g/mol. The van der Waals surface area contributed by atoms with Crippen molar-refractivity contribution in [3.05, 3.63) is 34.9 Å². The first-order chi connectivity index (χ1) is 21.2. The molecule has 0 unspecified atom stereocenters. The molecule has 0 bridgehead atoms. The van der Waals surface area contributed by atoms with Crippen molar-refractivity contribution >= 4 is 41.2 Å². The lowest BCUT2D eigenvalue weighted by Crippen LogP contribution is -2.55. The molecule has 3 saturated carbocycles. The average Bonchev–Trinajstić information content (AvgIpc) is 3.78. The molecule has 1 aromatic carbocycles. The molecule has 3 atom stereocenters. The lowest BCUT2D eigenvalue weighted by Gasteiger charge is -2.33. The Labute approximate surface area is 264 Å². The van der Waals surface area contributed by atoms with Crippen LogP contribution in [0.1, 0.15) is 102 Å². The lowest BCUT2D eigenvalue weighted by molar-refractivity contribution is -0.141. The number of ketones is 1. The van der Waals surface area contributed by atoms with Gasteiger partial charge in [-0.3, -0.25) is 19.2 Å². The molecule has 4 N–H and O–H groups in total. The molecule has 1 aliphatic heterocycles. The van der Waals surface area contributed by atoms with E-state index in [1.54, 1.807) is 24.3 Å². The molecule has 11 heteroatoms. The molecule has 44 heavy (non-hydrogen) atoms. The van der Waals surface area contributed by atoms with E-state index in [2.05, 4.69) is 21.3 Å². The minimum atomic E-state index is -1.19. The van der Waals surface area contributed by atoms with E-state index in [0.717, 1.165) is 77.0 Å². The number of hydrogen-bond donors (Lipinski definition) is 4. The standard InChI is InChI=1S/C33H45ClN4O6/c34-24-11-7-10-22(16-24)20-44-32(43)37-27(17-21-8-3-1-4-9-21)30(41)36-26(28(39)31(42)35-25-12-13-25)18-23-19-33(38-29(23)40)14-5-2-6-15-33/h7,10-11,16,21,23,25-27H,1-6,8-9,12-15,17-20H2,(H,35,42)(H,36,41)(H,37,43)(H,38,40)/t23-,26-,27-/m0/s1. The van der Waals surface area contributed by atoms with Crippen LogP contribution in [0.3, 0.4) is 0 Å². The van der Waals surface area contributed by atoms with Crippen molar-refractivity contribution < 1.29 is 28.7 Å². The number of carbonyl (C=O) groups is 5. The largest absolute Gasteiger partial charge is 0.445 e. The Morgan fingerprint density at radius 1 is 0.932 bits per heavy atom. The van der Waals surface area contributed by atoms with Crippen LogP contribution in [0.25, 0.3) is 0 Å². The Hall–Kier alpha value is -3.14. The Bertz CT molecular complexity index is 1220. The van der Waals surface area contributed by atoms with E-state index in [1.165, 1.54) is 0 Å². The Kier molecular flexibility index (Phi) is 10.8. The number of amides is 4. The second kappa shape index (κ2) is 14.8. The number of halogens is 1. The smallest absolute Gasteiger partial charge is 0.408 e. The number of alkyl carbamates (subject to hydrolysis) is 1. The molecule has 10 nitrogen and oxygen atoms in total. The van der Waals surface area contributed by atoms with Crippen LogP contribution in [0, 0.1) is 11.8 Å². The van der Waals surface area contributed by atoms with Gasteiger partial charge in [-0.05, 0) is 68.6 Å². The summed E-state index contributed by atoms with van der Waals surface area (Å²) in [5.41, 5.74) is 0.435. The van der Waals surface area contributed by atoms with Crippen LogP contribution >= 0.6 is 11.6 Å². The van der Waals surface area contributed by atoms with Gasteiger partial charge in [-0.1, -0.05) is 75.1 Å². The molecule has 240 valence electrons.